The lowest BCUT2D eigenvalue weighted by Gasteiger charge is -2.27. The number of rotatable bonds is 3. The lowest BCUT2D eigenvalue weighted by Crippen LogP contribution is -2.19. The standard InChI is InChI=1S/C13H21N3OS2/c1-3-10-11(19-5-4-18-10)12-15-13(17-16-12)9-7-14-6-8(9)2/h8-11,14H,3-7H2,1-2H3/t8-,9-,10?,11?/m1/s1. The fourth-order valence-corrected chi connectivity index (χ4v) is 5.78. The predicted octanol–water partition coefficient (Wildman–Crippen LogP) is 2.69. The Morgan fingerprint density at radius 2 is 2.16 bits per heavy atom. The maximum atomic E-state index is 5.54. The molecule has 2 unspecified atom stereocenters. The van der Waals surface area contributed by atoms with Crippen molar-refractivity contribution in [3.63, 3.8) is 0 Å². The van der Waals surface area contributed by atoms with E-state index in [4.69, 9.17) is 9.51 Å². The zero-order valence-electron chi connectivity index (χ0n) is 11.5. The van der Waals surface area contributed by atoms with Crippen LogP contribution in [-0.2, 0) is 0 Å². The molecule has 0 aliphatic carbocycles. The van der Waals surface area contributed by atoms with Gasteiger partial charge in [-0.3, -0.25) is 0 Å². The third kappa shape index (κ3) is 2.81. The lowest BCUT2D eigenvalue weighted by molar-refractivity contribution is 0.336. The van der Waals surface area contributed by atoms with Gasteiger partial charge in [0.25, 0.3) is 0 Å². The van der Waals surface area contributed by atoms with Crippen molar-refractivity contribution in [1.29, 1.82) is 0 Å². The third-order valence-electron chi connectivity index (χ3n) is 4.00. The fraction of sp³-hybridized carbons (Fsp3) is 0.846. The second-order valence-electron chi connectivity index (χ2n) is 5.34. The van der Waals surface area contributed by atoms with Crippen molar-refractivity contribution in [1.82, 2.24) is 15.5 Å². The average molecular weight is 299 g/mol. The van der Waals surface area contributed by atoms with Gasteiger partial charge in [0.15, 0.2) is 5.82 Å². The van der Waals surface area contributed by atoms with Crippen LogP contribution in [0.15, 0.2) is 4.52 Å². The molecule has 0 bridgehead atoms. The van der Waals surface area contributed by atoms with Crippen LogP contribution in [0.4, 0.5) is 0 Å². The average Bonchev–Trinajstić information content (AvgIpc) is 3.07. The number of nitrogens with one attached hydrogen (secondary N) is 1. The van der Waals surface area contributed by atoms with Crippen LogP contribution in [0.3, 0.4) is 0 Å². The van der Waals surface area contributed by atoms with E-state index >= 15 is 0 Å². The van der Waals surface area contributed by atoms with Crippen molar-refractivity contribution >= 4 is 23.5 Å². The molecule has 2 aliphatic rings. The van der Waals surface area contributed by atoms with Gasteiger partial charge in [-0.25, -0.2) is 0 Å². The van der Waals surface area contributed by atoms with E-state index in [0.29, 0.717) is 22.3 Å². The highest BCUT2D eigenvalue weighted by molar-refractivity contribution is 8.06. The molecule has 6 heteroatoms. The van der Waals surface area contributed by atoms with Crippen molar-refractivity contribution in [3.8, 4) is 0 Å². The molecule has 0 aromatic carbocycles. The van der Waals surface area contributed by atoms with Gasteiger partial charge in [-0.1, -0.05) is 19.0 Å². The molecule has 19 heavy (non-hydrogen) atoms. The molecule has 2 saturated heterocycles. The summed E-state index contributed by atoms with van der Waals surface area (Å²) in [6.07, 6.45) is 1.17. The summed E-state index contributed by atoms with van der Waals surface area (Å²) < 4.78 is 5.54. The maximum absolute atomic E-state index is 5.54. The number of thioether (sulfide) groups is 2. The quantitative estimate of drug-likeness (QED) is 0.926. The molecule has 1 aromatic rings. The zero-order chi connectivity index (χ0) is 13.2. The molecule has 106 valence electrons. The van der Waals surface area contributed by atoms with Gasteiger partial charge in [0, 0.05) is 23.3 Å². The topological polar surface area (TPSA) is 51.0 Å². The van der Waals surface area contributed by atoms with Gasteiger partial charge in [-0.05, 0) is 18.9 Å². The van der Waals surface area contributed by atoms with Crippen LogP contribution in [0.2, 0.25) is 0 Å². The summed E-state index contributed by atoms with van der Waals surface area (Å²) in [5.74, 6) is 5.16. The summed E-state index contributed by atoms with van der Waals surface area (Å²) in [5.41, 5.74) is 0. The first-order chi connectivity index (χ1) is 9.29. The van der Waals surface area contributed by atoms with Crippen molar-refractivity contribution in [2.75, 3.05) is 24.6 Å². The highest BCUT2D eigenvalue weighted by atomic mass is 32.2. The van der Waals surface area contributed by atoms with E-state index in [1.807, 2.05) is 11.8 Å². The molecule has 1 N–H and O–H groups in total. The first kappa shape index (κ1) is 13.8. The smallest absolute Gasteiger partial charge is 0.231 e. The molecule has 2 fully saturated rings. The Balaban J connectivity index is 1.76. The molecule has 0 amide bonds. The van der Waals surface area contributed by atoms with Crippen LogP contribution in [0.5, 0.6) is 0 Å². The van der Waals surface area contributed by atoms with Crippen molar-refractivity contribution in [2.45, 2.75) is 36.7 Å². The Morgan fingerprint density at radius 3 is 2.89 bits per heavy atom. The predicted molar refractivity (Wildman–Crippen MR) is 80.8 cm³/mol. The molecular weight excluding hydrogens is 278 g/mol. The van der Waals surface area contributed by atoms with Gasteiger partial charge in [0.1, 0.15) is 0 Å². The normalized spacial score (nSPS) is 35.7. The van der Waals surface area contributed by atoms with E-state index in [1.165, 1.54) is 17.9 Å². The molecule has 4 atom stereocenters. The van der Waals surface area contributed by atoms with Crippen LogP contribution in [0.25, 0.3) is 0 Å². The van der Waals surface area contributed by atoms with Crippen LogP contribution in [0, 0.1) is 5.92 Å². The summed E-state index contributed by atoms with van der Waals surface area (Å²) in [6, 6.07) is 0. The van der Waals surface area contributed by atoms with E-state index in [-0.39, 0.29) is 0 Å². The van der Waals surface area contributed by atoms with Gasteiger partial charge in [-0.2, -0.15) is 16.7 Å². The molecule has 1 aromatic heterocycles. The van der Waals surface area contributed by atoms with Crippen LogP contribution >= 0.6 is 23.5 Å². The third-order valence-corrected chi connectivity index (χ3v) is 7.24. The number of nitrogens with zero attached hydrogens (tertiary/aromatic N) is 2. The van der Waals surface area contributed by atoms with E-state index < -0.39 is 0 Å². The number of aromatic nitrogens is 2. The number of hydrogen-bond donors (Lipinski definition) is 1. The van der Waals surface area contributed by atoms with Crippen LogP contribution in [-0.4, -0.2) is 40.0 Å². The van der Waals surface area contributed by atoms with Gasteiger partial charge in [0.05, 0.1) is 11.2 Å². The first-order valence-electron chi connectivity index (χ1n) is 7.07. The van der Waals surface area contributed by atoms with Crippen LogP contribution < -0.4 is 5.32 Å². The summed E-state index contributed by atoms with van der Waals surface area (Å²) in [5, 5.41) is 8.70. The van der Waals surface area contributed by atoms with E-state index in [2.05, 4.69) is 36.1 Å². The van der Waals surface area contributed by atoms with Gasteiger partial charge in [0.2, 0.25) is 5.89 Å². The number of hydrogen-bond acceptors (Lipinski definition) is 6. The molecule has 3 rings (SSSR count). The molecule has 0 radical (unpaired) electrons. The maximum Gasteiger partial charge on any atom is 0.231 e. The summed E-state index contributed by atoms with van der Waals surface area (Å²) in [4.78, 5) is 4.71. The molecule has 2 aliphatic heterocycles. The van der Waals surface area contributed by atoms with E-state index in [0.717, 1.165) is 24.8 Å². The SMILES string of the molecule is CCC1SCCSC1c1noc([C@@H]2CNC[C@H]2C)n1. The second kappa shape index (κ2) is 6.06. The highest BCUT2D eigenvalue weighted by Gasteiger charge is 2.34. The van der Waals surface area contributed by atoms with Crippen molar-refractivity contribution in [3.05, 3.63) is 11.7 Å². The van der Waals surface area contributed by atoms with Crippen molar-refractivity contribution < 1.29 is 4.52 Å². The summed E-state index contributed by atoms with van der Waals surface area (Å²) in [6.45, 7) is 6.51. The molecule has 0 spiro atoms. The molecule has 4 nitrogen and oxygen atoms in total. The van der Waals surface area contributed by atoms with E-state index in [9.17, 15) is 0 Å². The van der Waals surface area contributed by atoms with E-state index in [1.54, 1.807) is 0 Å². The minimum Gasteiger partial charge on any atom is -0.339 e. The zero-order valence-corrected chi connectivity index (χ0v) is 13.1. The summed E-state index contributed by atoms with van der Waals surface area (Å²) in [7, 11) is 0. The molecule has 3 heterocycles. The summed E-state index contributed by atoms with van der Waals surface area (Å²) >= 11 is 4.04. The lowest BCUT2D eigenvalue weighted by atomic mass is 9.98. The minimum absolute atomic E-state index is 0.391. The van der Waals surface area contributed by atoms with Gasteiger partial charge >= 0.3 is 0 Å². The van der Waals surface area contributed by atoms with Crippen LogP contribution in [0.1, 0.15) is 43.2 Å². The first-order valence-corrected chi connectivity index (χ1v) is 9.16. The highest BCUT2D eigenvalue weighted by Crippen LogP contribution is 2.43. The monoisotopic (exact) mass is 299 g/mol. The Morgan fingerprint density at radius 1 is 1.32 bits per heavy atom. The van der Waals surface area contributed by atoms with Crippen molar-refractivity contribution in [2.24, 2.45) is 5.92 Å². The second-order valence-corrected chi connectivity index (χ2v) is 7.94. The molecular formula is C13H21N3OS2. The Kier molecular flexibility index (Phi) is 4.39. The van der Waals surface area contributed by atoms with Gasteiger partial charge < -0.3 is 9.84 Å². The molecule has 0 saturated carbocycles. The Labute approximate surface area is 122 Å². The Hall–Kier alpha value is -0.200. The largest absolute Gasteiger partial charge is 0.339 e. The Bertz CT molecular complexity index is 426. The fourth-order valence-electron chi connectivity index (χ4n) is 2.80. The van der Waals surface area contributed by atoms with Gasteiger partial charge in [-0.15, -0.1) is 11.8 Å². The minimum atomic E-state index is 0.391.